The average Bonchev–Trinajstić information content (AvgIpc) is 2.69. The monoisotopic (exact) mass is 365 g/mol. The maximum absolute atomic E-state index is 12.9. The molecule has 0 spiro atoms. The molecule has 4 nitrogen and oxygen atoms in total. The highest BCUT2D eigenvalue weighted by molar-refractivity contribution is 6.31. The van der Waals surface area contributed by atoms with Crippen LogP contribution < -0.4 is 5.32 Å². The number of halogens is 1. The third kappa shape index (κ3) is 3.76. The normalized spacial score (nSPS) is 10.2. The van der Waals surface area contributed by atoms with Crippen LogP contribution in [0.5, 0.6) is 0 Å². The number of nitrogens with one attached hydrogen (secondary N) is 1. The SMILES string of the molecule is COC(=O)c1cc(Cl)ccc1NC(=O)c1ccccc1-c1ccccc1. The van der Waals surface area contributed by atoms with Gasteiger partial charge in [0.1, 0.15) is 0 Å². The summed E-state index contributed by atoms with van der Waals surface area (Å²) in [6.45, 7) is 0. The summed E-state index contributed by atoms with van der Waals surface area (Å²) in [6.07, 6.45) is 0. The van der Waals surface area contributed by atoms with Crippen LogP contribution >= 0.6 is 11.6 Å². The zero-order chi connectivity index (χ0) is 18.5. The van der Waals surface area contributed by atoms with Crippen molar-refractivity contribution >= 4 is 29.2 Å². The van der Waals surface area contributed by atoms with Crippen LogP contribution in [0.2, 0.25) is 5.02 Å². The Morgan fingerprint density at radius 3 is 2.31 bits per heavy atom. The second kappa shape index (κ2) is 7.85. The molecule has 26 heavy (non-hydrogen) atoms. The molecule has 0 aliphatic rings. The smallest absolute Gasteiger partial charge is 0.340 e. The van der Waals surface area contributed by atoms with E-state index in [0.29, 0.717) is 16.3 Å². The molecule has 130 valence electrons. The fraction of sp³-hybridized carbons (Fsp3) is 0.0476. The fourth-order valence-electron chi connectivity index (χ4n) is 2.64. The molecule has 0 aliphatic carbocycles. The van der Waals surface area contributed by atoms with Crippen molar-refractivity contribution in [2.45, 2.75) is 0 Å². The Balaban J connectivity index is 1.97. The first kappa shape index (κ1) is 17.7. The van der Waals surface area contributed by atoms with E-state index in [9.17, 15) is 9.59 Å². The van der Waals surface area contributed by atoms with E-state index in [0.717, 1.165) is 11.1 Å². The minimum Gasteiger partial charge on any atom is -0.465 e. The number of methoxy groups -OCH3 is 1. The van der Waals surface area contributed by atoms with E-state index in [2.05, 4.69) is 5.32 Å². The van der Waals surface area contributed by atoms with E-state index in [-0.39, 0.29) is 11.5 Å². The van der Waals surface area contributed by atoms with Crippen molar-refractivity contribution in [3.05, 3.63) is 88.9 Å². The summed E-state index contributed by atoms with van der Waals surface area (Å²) in [7, 11) is 1.28. The van der Waals surface area contributed by atoms with Crippen LogP contribution in [-0.2, 0) is 4.74 Å². The zero-order valence-electron chi connectivity index (χ0n) is 14.0. The molecule has 0 bridgehead atoms. The summed E-state index contributed by atoms with van der Waals surface area (Å²) in [5, 5.41) is 3.16. The summed E-state index contributed by atoms with van der Waals surface area (Å²) < 4.78 is 4.76. The van der Waals surface area contributed by atoms with Crippen molar-refractivity contribution in [2.24, 2.45) is 0 Å². The molecule has 3 aromatic rings. The van der Waals surface area contributed by atoms with Gasteiger partial charge in [-0.15, -0.1) is 0 Å². The molecule has 0 fully saturated rings. The highest BCUT2D eigenvalue weighted by Crippen LogP contribution is 2.26. The first-order valence-corrected chi connectivity index (χ1v) is 8.31. The number of amides is 1. The maximum atomic E-state index is 12.9. The van der Waals surface area contributed by atoms with Gasteiger partial charge in [-0.25, -0.2) is 4.79 Å². The first-order chi connectivity index (χ1) is 12.6. The summed E-state index contributed by atoms with van der Waals surface area (Å²) >= 11 is 5.96. The summed E-state index contributed by atoms with van der Waals surface area (Å²) in [4.78, 5) is 24.8. The van der Waals surface area contributed by atoms with Gasteiger partial charge in [-0.3, -0.25) is 4.79 Å². The van der Waals surface area contributed by atoms with Gasteiger partial charge in [-0.1, -0.05) is 60.1 Å². The quantitative estimate of drug-likeness (QED) is 0.658. The number of esters is 1. The molecule has 1 N–H and O–H groups in total. The third-order valence-electron chi connectivity index (χ3n) is 3.89. The van der Waals surface area contributed by atoms with Crippen molar-refractivity contribution in [1.29, 1.82) is 0 Å². The Morgan fingerprint density at radius 2 is 1.58 bits per heavy atom. The van der Waals surface area contributed by atoms with Crippen molar-refractivity contribution in [1.82, 2.24) is 0 Å². The lowest BCUT2D eigenvalue weighted by Crippen LogP contribution is -2.16. The summed E-state index contributed by atoms with van der Waals surface area (Å²) in [5.41, 5.74) is 2.78. The van der Waals surface area contributed by atoms with E-state index >= 15 is 0 Å². The Morgan fingerprint density at radius 1 is 0.885 bits per heavy atom. The van der Waals surface area contributed by atoms with Crippen LogP contribution in [-0.4, -0.2) is 19.0 Å². The van der Waals surface area contributed by atoms with Gasteiger partial charge >= 0.3 is 5.97 Å². The van der Waals surface area contributed by atoms with E-state index < -0.39 is 5.97 Å². The van der Waals surface area contributed by atoms with E-state index in [1.54, 1.807) is 24.3 Å². The topological polar surface area (TPSA) is 55.4 Å². The zero-order valence-corrected chi connectivity index (χ0v) is 14.8. The lowest BCUT2D eigenvalue weighted by molar-refractivity contribution is 0.0602. The molecular weight excluding hydrogens is 350 g/mol. The molecule has 0 saturated carbocycles. The fourth-order valence-corrected chi connectivity index (χ4v) is 2.82. The van der Waals surface area contributed by atoms with Gasteiger partial charge in [-0.05, 0) is 35.4 Å². The van der Waals surface area contributed by atoms with Crippen LogP contribution in [0.1, 0.15) is 20.7 Å². The van der Waals surface area contributed by atoms with Crippen LogP contribution in [0, 0.1) is 0 Å². The molecule has 0 aromatic heterocycles. The van der Waals surface area contributed by atoms with Crippen LogP contribution in [0.4, 0.5) is 5.69 Å². The van der Waals surface area contributed by atoms with Gasteiger partial charge in [0.25, 0.3) is 5.91 Å². The Labute approximate surface area is 156 Å². The lowest BCUT2D eigenvalue weighted by atomic mass is 9.99. The van der Waals surface area contributed by atoms with E-state index in [1.165, 1.54) is 13.2 Å². The average molecular weight is 366 g/mol. The predicted molar refractivity (Wildman–Crippen MR) is 103 cm³/mol. The minimum atomic E-state index is -0.570. The molecule has 5 heteroatoms. The Hall–Kier alpha value is -3.11. The minimum absolute atomic E-state index is 0.200. The third-order valence-corrected chi connectivity index (χ3v) is 4.13. The summed E-state index contributed by atoms with van der Waals surface area (Å²) in [5.74, 6) is -0.893. The number of rotatable bonds is 4. The predicted octanol–water partition coefficient (Wildman–Crippen LogP) is 5.05. The molecule has 0 saturated heterocycles. The van der Waals surface area contributed by atoms with E-state index in [4.69, 9.17) is 16.3 Å². The molecule has 0 unspecified atom stereocenters. The lowest BCUT2D eigenvalue weighted by Gasteiger charge is -2.13. The first-order valence-electron chi connectivity index (χ1n) is 7.94. The molecule has 3 aromatic carbocycles. The van der Waals surface area contributed by atoms with Gasteiger partial charge in [0, 0.05) is 10.6 Å². The van der Waals surface area contributed by atoms with Gasteiger partial charge < -0.3 is 10.1 Å². The molecule has 0 aliphatic heterocycles. The molecule has 1 amide bonds. The molecule has 0 atom stereocenters. The number of carbonyl (C=O) groups is 2. The van der Waals surface area contributed by atoms with Crippen LogP contribution in [0.25, 0.3) is 11.1 Å². The Bertz CT molecular complexity index is 954. The number of carbonyl (C=O) groups excluding carboxylic acids is 2. The van der Waals surface area contributed by atoms with Gasteiger partial charge in [0.05, 0.1) is 18.4 Å². The highest BCUT2D eigenvalue weighted by atomic mass is 35.5. The van der Waals surface area contributed by atoms with Crippen molar-refractivity contribution in [3.8, 4) is 11.1 Å². The number of ether oxygens (including phenoxy) is 1. The van der Waals surface area contributed by atoms with Crippen molar-refractivity contribution < 1.29 is 14.3 Å². The van der Waals surface area contributed by atoms with E-state index in [1.807, 2.05) is 42.5 Å². The second-order valence-electron chi connectivity index (χ2n) is 5.55. The standard InChI is InChI=1S/C21H16ClNO3/c1-26-21(25)18-13-15(22)11-12-19(18)23-20(24)17-10-6-5-9-16(17)14-7-3-2-4-8-14/h2-13H,1H3,(H,23,24). The number of hydrogen-bond donors (Lipinski definition) is 1. The van der Waals surface area contributed by atoms with Gasteiger partial charge in [0.2, 0.25) is 0 Å². The molecule has 3 rings (SSSR count). The van der Waals surface area contributed by atoms with Crippen LogP contribution in [0.3, 0.4) is 0 Å². The molecule has 0 heterocycles. The number of benzene rings is 3. The van der Waals surface area contributed by atoms with Gasteiger partial charge in [0.15, 0.2) is 0 Å². The van der Waals surface area contributed by atoms with Crippen molar-refractivity contribution in [3.63, 3.8) is 0 Å². The Kier molecular flexibility index (Phi) is 5.34. The highest BCUT2D eigenvalue weighted by Gasteiger charge is 2.17. The molecule has 0 radical (unpaired) electrons. The maximum Gasteiger partial charge on any atom is 0.340 e. The summed E-state index contributed by atoms with van der Waals surface area (Å²) in [6, 6.07) is 21.6. The number of hydrogen-bond acceptors (Lipinski definition) is 3. The van der Waals surface area contributed by atoms with Crippen molar-refractivity contribution in [2.75, 3.05) is 12.4 Å². The number of anilines is 1. The van der Waals surface area contributed by atoms with Gasteiger partial charge in [-0.2, -0.15) is 0 Å². The molecular formula is C21H16ClNO3. The second-order valence-corrected chi connectivity index (χ2v) is 5.98. The van der Waals surface area contributed by atoms with Crippen LogP contribution in [0.15, 0.2) is 72.8 Å². The largest absolute Gasteiger partial charge is 0.465 e.